The second-order valence-electron chi connectivity index (χ2n) is 13.8. The number of carbonyl (C=O) groups excluding carboxylic acids is 1. The molecule has 3 heterocycles. The number of hydrogen-bond donors (Lipinski definition) is 2. The average Bonchev–Trinajstić information content (AvgIpc) is 3.48. The average molecular weight is 702 g/mol. The van der Waals surface area contributed by atoms with E-state index >= 15 is 0 Å². The van der Waals surface area contributed by atoms with Crippen LogP contribution in [0.1, 0.15) is 57.8 Å². The van der Waals surface area contributed by atoms with Gasteiger partial charge in [-0.25, -0.2) is 19.0 Å². The van der Waals surface area contributed by atoms with Crippen molar-refractivity contribution in [1.82, 2.24) is 29.9 Å². The van der Waals surface area contributed by atoms with Gasteiger partial charge in [-0.05, 0) is 71.8 Å². The Morgan fingerprint density at radius 3 is 2.28 bits per heavy atom. The summed E-state index contributed by atoms with van der Waals surface area (Å²) in [6.07, 6.45) is 4.78. The molecule has 50 heavy (non-hydrogen) atoms. The van der Waals surface area contributed by atoms with Crippen molar-refractivity contribution in [2.45, 2.75) is 65.6 Å². The van der Waals surface area contributed by atoms with Crippen molar-refractivity contribution in [3.63, 3.8) is 0 Å². The molecule has 2 saturated heterocycles. The van der Waals surface area contributed by atoms with Crippen LogP contribution in [-0.4, -0.2) is 137 Å². The van der Waals surface area contributed by atoms with Gasteiger partial charge in [-0.15, -0.1) is 10.2 Å². The molecule has 1 aromatic heterocycles. The number of rotatable bonds is 15. The standard InChI is InChI=1S/C31H48FN7O3.C4H4O4/c1-9-39(22(4)5)30(40)25-14-23(32)10-11-27(25)42-29-28(33-20-34-35-29)37-13-12-31(17-37)18-38(19-31)26(21(2)3)15-24(41-8)16-36(6)7;5-3(6)1-2-4(7)8/h10-11,14,20-22,24,26H,9,12-13,15-19H2,1-8H3;1-2H,(H,5,6)(H,7,8)/b;2-1+. The number of aliphatic carboxylic acids is 2. The Bertz CT molecular complexity index is 1470. The van der Waals surface area contributed by atoms with Gasteiger partial charge in [-0.2, -0.15) is 0 Å². The minimum atomic E-state index is -1.26. The molecule has 0 bridgehead atoms. The number of hydrogen-bond acceptors (Lipinski definition) is 11. The number of aromatic nitrogens is 3. The van der Waals surface area contributed by atoms with Crippen LogP contribution in [-0.2, 0) is 14.3 Å². The van der Waals surface area contributed by atoms with Crippen LogP contribution < -0.4 is 9.64 Å². The lowest BCUT2D eigenvalue weighted by Crippen LogP contribution is -2.62. The molecule has 2 unspecified atom stereocenters. The first-order chi connectivity index (χ1) is 23.6. The largest absolute Gasteiger partial charge is 0.478 e. The third-order valence-corrected chi connectivity index (χ3v) is 9.00. The maximum Gasteiger partial charge on any atom is 0.328 e. The molecule has 2 fully saturated rings. The van der Waals surface area contributed by atoms with Crippen molar-refractivity contribution in [2.75, 3.05) is 65.4 Å². The van der Waals surface area contributed by atoms with Gasteiger partial charge in [0.2, 0.25) is 0 Å². The highest BCUT2D eigenvalue weighted by Gasteiger charge is 2.50. The summed E-state index contributed by atoms with van der Waals surface area (Å²) >= 11 is 0. The number of anilines is 1. The predicted octanol–water partition coefficient (Wildman–Crippen LogP) is 3.89. The Morgan fingerprint density at radius 2 is 1.74 bits per heavy atom. The minimum absolute atomic E-state index is 0.0427. The van der Waals surface area contributed by atoms with E-state index in [4.69, 9.17) is 19.7 Å². The quantitative estimate of drug-likeness (QED) is 0.258. The van der Waals surface area contributed by atoms with Gasteiger partial charge in [0.1, 0.15) is 17.9 Å². The number of halogens is 1. The number of ether oxygens (including phenoxy) is 2. The number of methoxy groups -OCH3 is 1. The monoisotopic (exact) mass is 701 g/mol. The first-order valence-electron chi connectivity index (χ1n) is 16.9. The Balaban J connectivity index is 0.000000753. The number of amides is 1. The van der Waals surface area contributed by atoms with E-state index in [1.54, 1.807) is 4.90 Å². The topological polar surface area (TPSA) is 162 Å². The molecule has 4 rings (SSSR count). The van der Waals surface area contributed by atoms with Crippen LogP contribution in [0.25, 0.3) is 0 Å². The van der Waals surface area contributed by atoms with E-state index in [1.807, 2.05) is 27.9 Å². The minimum Gasteiger partial charge on any atom is -0.478 e. The normalized spacial score (nSPS) is 16.8. The number of nitrogens with zero attached hydrogens (tertiary/aromatic N) is 7. The van der Waals surface area contributed by atoms with Crippen molar-refractivity contribution in [3.05, 3.63) is 48.1 Å². The molecule has 276 valence electrons. The van der Waals surface area contributed by atoms with Crippen LogP contribution in [0, 0.1) is 17.2 Å². The molecular formula is C35H52FN7O7. The van der Waals surface area contributed by atoms with E-state index < -0.39 is 17.8 Å². The first kappa shape index (κ1) is 40.2. The van der Waals surface area contributed by atoms with Crippen molar-refractivity contribution >= 4 is 23.7 Å². The highest BCUT2D eigenvalue weighted by molar-refractivity contribution is 5.97. The summed E-state index contributed by atoms with van der Waals surface area (Å²) in [4.78, 5) is 45.6. The van der Waals surface area contributed by atoms with Crippen molar-refractivity contribution in [3.8, 4) is 11.6 Å². The number of benzene rings is 1. The summed E-state index contributed by atoms with van der Waals surface area (Å²) < 4.78 is 26.3. The summed E-state index contributed by atoms with van der Waals surface area (Å²) in [6.45, 7) is 15.5. The van der Waals surface area contributed by atoms with Gasteiger partial charge in [0, 0.05) is 76.0 Å². The molecule has 2 atom stereocenters. The third kappa shape index (κ3) is 10.9. The molecule has 2 aliphatic rings. The van der Waals surface area contributed by atoms with E-state index in [9.17, 15) is 18.8 Å². The van der Waals surface area contributed by atoms with E-state index in [0.717, 1.165) is 45.6 Å². The van der Waals surface area contributed by atoms with Crippen LogP contribution >= 0.6 is 0 Å². The number of likely N-dealkylation sites (tertiary alicyclic amines) is 1. The van der Waals surface area contributed by atoms with Gasteiger partial charge in [-0.1, -0.05) is 13.8 Å². The smallest absolute Gasteiger partial charge is 0.328 e. The van der Waals surface area contributed by atoms with Gasteiger partial charge >= 0.3 is 11.9 Å². The van der Waals surface area contributed by atoms with Crippen molar-refractivity contribution in [1.29, 1.82) is 0 Å². The summed E-state index contributed by atoms with van der Waals surface area (Å²) in [7, 11) is 5.98. The molecule has 15 heteroatoms. The number of likely N-dealkylation sites (N-methyl/N-ethyl adjacent to an activating group) is 1. The fourth-order valence-electron chi connectivity index (χ4n) is 6.63. The van der Waals surface area contributed by atoms with Crippen molar-refractivity contribution < 1.29 is 38.5 Å². The molecule has 0 saturated carbocycles. The molecule has 1 aromatic carbocycles. The number of carboxylic acid groups (broad SMARTS) is 2. The highest BCUT2D eigenvalue weighted by Crippen LogP contribution is 2.44. The zero-order chi connectivity index (χ0) is 37.2. The van der Waals surface area contributed by atoms with Gasteiger partial charge < -0.3 is 34.4 Å². The second kappa shape index (κ2) is 18.2. The van der Waals surface area contributed by atoms with Crippen LogP contribution in [0.15, 0.2) is 36.7 Å². The van der Waals surface area contributed by atoms with E-state index in [2.05, 4.69) is 57.8 Å². The molecule has 1 spiro atoms. The van der Waals surface area contributed by atoms with Gasteiger partial charge in [0.25, 0.3) is 11.8 Å². The van der Waals surface area contributed by atoms with Gasteiger partial charge in [0.15, 0.2) is 5.82 Å². The lowest BCUT2D eigenvalue weighted by molar-refractivity contribution is -0.134. The zero-order valence-corrected chi connectivity index (χ0v) is 30.4. The lowest BCUT2D eigenvalue weighted by Gasteiger charge is -2.53. The van der Waals surface area contributed by atoms with Gasteiger partial charge in [0.05, 0.1) is 11.7 Å². The SMILES string of the molecule is CCN(C(=O)c1cc(F)ccc1Oc1nncnc1N1CCC2(C1)CN(C(CC(CN(C)C)OC)C(C)C)C2)C(C)C.O=C(O)/C=C/C(=O)O. The maximum atomic E-state index is 14.3. The molecule has 1 amide bonds. The Morgan fingerprint density at radius 1 is 1.08 bits per heavy atom. The van der Waals surface area contributed by atoms with E-state index in [1.165, 1.54) is 24.5 Å². The second-order valence-corrected chi connectivity index (χ2v) is 13.8. The van der Waals surface area contributed by atoms with Crippen molar-refractivity contribution in [2.24, 2.45) is 11.3 Å². The van der Waals surface area contributed by atoms with Crippen LogP contribution in [0.5, 0.6) is 11.6 Å². The number of carboxylic acids is 2. The van der Waals surface area contributed by atoms with Crippen LogP contribution in [0.3, 0.4) is 0 Å². The van der Waals surface area contributed by atoms with E-state index in [0.29, 0.717) is 36.5 Å². The molecule has 2 N–H and O–H groups in total. The maximum absolute atomic E-state index is 14.3. The zero-order valence-electron chi connectivity index (χ0n) is 30.4. The molecule has 2 aromatic rings. The summed E-state index contributed by atoms with van der Waals surface area (Å²) in [6, 6.07) is 4.39. The van der Waals surface area contributed by atoms with Crippen LogP contribution in [0.4, 0.5) is 10.2 Å². The fourth-order valence-corrected chi connectivity index (χ4v) is 6.63. The fraction of sp³-hybridized carbons (Fsp3) is 0.600. The summed E-state index contributed by atoms with van der Waals surface area (Å²) in [5, 5.41) is 23.8. The Labute approximate surface area is 293 Å². The molecule has 14 nitrogen and oxygen atoms in total. The number of carbonyl (C=O) groups is 3. The highest BCUT2D eigenvalue weighted by atomic mass is 19.1. The van der Waals surface area contributed by atoms with E-state index in [-0.39, 0.29) is 40.7 Å². The Hall–Kier alpha value is -4.21. The summed E-state index contributed by atoms with van der Waals surface area (Å²) in [5.41, 5.74) is 0.327. The van der Waals surface area contributed by atoms with Crippen LogP contribution in [0.2, 0.25) is 0 Å². The lowest BCUT2D eigenvalue weighted by atomic mass is 9.76. The first-order valence-corrected chi connectivity index (χ1v) is 16.9. The summed E-state index contributed by atoms with van der Waals surface area (Å²) in [5.74, 6) is -1.75. The van der Waals surface area contributed by atoms with Gasteiger partial charge in [-0.3, -0.25) is 9.69 Å². The molecule has 2 aliphatic heterocycles. The molecule has 0 radical (unpaired) electrons. The molecule has 0 aliphatic carbocycles. The Kier molecular flexibility index (Phi) is 14.6. The predicted molar refractivity (Wildman–Crippen MR) is 186 cm³/mol. The third-order valence-electron chi connectivity index (χ3n) is 9.00. The molecular weight excluding hydrogens is 649 g/mol.